The van der Waals surface area contributed by atoms with E-state index in [1.165, 1.54) is 19.3 Å². The van der Waals surface area contributed by atoms with E-state index < -0.39 is 0 Å². The second kappa shape index (κ2) is 6.54. The van der Waals surface area contributed by atoms with Gasteiger partial charge in [-0.05, 0) is 37.1 Å². The average Bonchev–Trinajstić information content (AvgIpc) is 2.55. The third-order valence-electron chi connectivity index (χ3n) is 3.92. The van der Waals surface area contributed by atoms with Crippen LogP contribution in [0.25, 0.3) is 10.9 Å². The molecule has 1 aromatic carbocycles. The SMILES string of the molecule is NNC(=NC1CCCCC1)Nc1cccc2ncccc12. The number of hydrazine groups is 1. The molecule has 1 aliphatic carbocycles. The Bertz CT molecular complexity index is 626. The maximum Gasteiger partial charge on any atom is 0.210 e. The molecule has 0 aliphatic heterocycles. The molecule has 5 heteroatoms. The Morgan fingerprint density at radius 1 is 1.14 bits per heavy atom. The van der Waals surface area contributed by atoms with Crippen LogP contribution in [0.3, 0.4) is 0 Å². The molecule has 0 atom stereocenters. The van der Waals surface area contributed by atoms with Gasteiger partial charge < -0.3 is 5.32 Å². The van der Waals surface area contributed by atoms with Crippen LogP contribution >= 0.6 is 0 Å². The summed E-state index contributed by atoms with van der Waals surface area (Å²) >= 11 is 0. The normalized spacial score (nSPS) is 16.9. The van der Waals surface area contributed by atoms with Gasteiger partial charge in [0.15, 0.2) is 0 Å². The molecule has 0 spiro atoms. The van der Waals surface area contributed by atoms with Crippen LogP contribution < -0.4 is 16.6 Å². The van der Waals surface area contributed by atoms with Crippen LogP contribution in [0.15, 0.2) is 41.5 Å². The Morgan fingerprint density at radius 3 is 2.81 bits per heavy atom. The van der Waals surface area contributed by atoms with Crippen LogP contribution in [0.5, 0.6) is 0 Å². The van der Waals surface area contributed by atoms with Crippen molar-refractivity contribution in [1.29, 1.82) is 0 Å². The number of aromatic nitrogens is 1. The predicted octanol–water partition coefficient (Wildman–Crippen LogP) is 2.80. The van der Waals surface area contributed by atoms with E-state index in [0.717, 1.165) is 29.4 Å². The van der Waals surface area contributed by atoms with Crippen molar-refractivity contribution in [3.05, 3.63) is 36.5 Å². The quantitative estimate of drug-likeness (QED) is 0.343. The summed E-state index contributed by atoms with van der Waals surface area (Å²) in [6.45, 7) is 0. The number of hydrogen-bond acceptors (Lipinski definition) is 3. The molecule has 0 saturated heterocycles. The number of rotatable bonds is 2. The van der Waals surface area contributed by atoms with Gasteiger partial charge in [0.1, 0.15) is 0 Å². The highest BCUT2D eigenvalue weighted by atomic mass is 15.3. The minimum Gasteiger partial charge on any atom is -0.325 e. The molecule has 21 heavy (non-hydrogen) atoms. The van der Waals surface area contributed by atoms with E-state index in [0.29, 0.717) is 12.0 Å². The molecule has 5 nitrogen and oxygen atoms in total. The largest absolute Gasteiger partial charge is 0.325 e. The van der Waals surface area contributed by atoms with Crippen molar-refractivity contribution in [1.82, 2.24) is 10.4 Å². The zero-order chi connectivity index (χ0) is 14.5. The zero-order valence-corrected chi connectivity index (χ0v) is 12.0. The predicted molar refractivity (Wildman–Crippen MR) is 87.0 cm³/mol. The number of anilines is 1. The molecule has 1 aromatic heterocycles. The maximum atomic E-state index is 5.62. The number of nitrogens with one attached hydrogen (secondary N) is 2. The number of nitrogens with two attached hydrogens (primary N) is 1. The Kier molecular flexibility index (Phi) is 4.31. The summed E-state index contributed by atoms with van der Waals surface area (Å²) in [5, 5.41) is 4.35. The van der Waals surface area contributed by atoms with Gasteiger partial charge in [-0.25, -0.2) is 10.8 Å². The van der Waals surface area contributed by atoms with E-state index >= 15 is 0 Å². The first kappa shape index (κ1) is 13.8. The van der Waals surface area contributed by atoms with Crippen molar-refractivity contribution in [2.45, 2.75) is 38.1 Å². The fourth-order valence-electron chi connectivity index (χ4n) is 2.84. The molecule has 0 unspecified atom stereocenters. The van der Waals surface area contributed by atoms with E-state index in [4.69, 9.17) is 10.8 Å². The van der Waals surface area contributed by atoms with Gasteiger partial charge in [0.2, 0.25) is 5.96 Å². The van der Waals surface area contributed by atoms with Gasteiger partial charge >= 0.3 is 0 Å². The molecule has 1 fully saturated rings. The highest BCUT2D eigenvalue weighted by molar-refractivity contribution is 6.02. The molecule has 1 heterocycles. The fourth-order valence-corrected chi connectivity index (χ4v) is 2.84. The van der Waals surface area contributed by atoms with Crippen molar-refractivity contribution >= 4 is 22.5 Å². The van der Waals surface area contributed by atoms with Gasteiger partial charge in [0.05, 0.1) is 17.2 Å². The van der Waals surface area contributed by atoms with Crippen LogP contribution in [0.4, 0.5) is 5.69 Å². The van der Waals surface area contributed by atoms with E-state index in [1.807, 2.05) is 30.3 Å². The molecule has 1 aliphatic rings. The third kappa shape index (κ3) is 3.31. The van der Waals surface area contributed by atoms with Crippen LogP contribution in [0, 0.1) is 0 Å². The Hall–Kier alpha value is -2.14. The zero-order valence-electron chi connectivity index (χ0n) is 12.0. The summed E-state index contributed by atoms with van der Waals surface area (Å²) in [5.74, 6) is 6.25. The van der Waals surface area contributed by atoms with Crippen molar-refractivity contribution in [2.24, 2.45) is 10.8 Å². The monoisotopic (exact) mass is 283 g/mol. The lowest BCUT2D eigenvalue weighted by atomic mass is 9.96. The van der Waals surface area contributed by atoms with E-state index in [9.17, 15) is 0 Å². The molecule has 2 aromatic rings. The van der Waals surface area contributed by atoms with Gasteiger partial charge in [-0.2, -0.15) is 0 Å². The van der Waals surface area contributed by atoms with Crippen LogP contribution in [0.2, 0.25) is 0 Å². The Labute approximate surface area is 124 Å². The number of guanidine groups is 1. The molecule has 3 rings (SSSR count). The number of aliphatic imine (C=N–C) groups is 1. The van der Waals surface area contributed by atoms with Crippen molar-refractivity contribution < 1.29 is 0 Å². The molecule has 0 radical (unpaired) electrons. The molecule has 110 valence electrons. The third-order valence-corrected chi connectivity index (χ3v) is 3.92. The summed E-state index contributed by atoms with van der Waals surface area (Å²) in [5.41, 5.74) is 4.60. The first-order valence-corrected chi connectivity index (χ1v) is 7.52. The van der Waals surface area contributed by atoms with E-state index in [2.05, 4.69) is 15.7 Å². The first-order chi connectivity index (χ1) is 10.4. The van der Waals surface area contributed by atoms with Gasteiger partial charge in [-0.3, -0.25) is 10.4 Å². The Balaban J connectivity index is 1.83. The number of pyridine rings is 1. The Morgan fingerprint density at radius 2 is 2.00 bits per heavy atom. The first-order valence-electron chi connectivity index (χ1n) is 7.52. The lowest BCUT2D eigenvalue weighted by Gasteiger charge is -2.19. The summed E-state index contributed by atoms with van der Waals surface area (Å²) < 4.78 is 0. The van der Waals surface area contributed by atoms with Gasteiger partial charge in [0, 0.05) is 11.6 Å². The lowest BCUT2D eigenvalue weighted by molar-refractivity contribution is 0.442. The smallest absolute Gasteiger partial charge is 0.210 e. The van der Waals surface area contributed by atoms with Crippen LogP contribution in [-0.4, -0.2) is 17.0 Å². The number of hydrogen-bond donors (Lipinski definition) is 3. The number of benzene rings is 1. The van der Waals surface area contributed by atoms with Gasteiger partial charge in [-0.15, -0.1) is 0 Å². The molecule has 1 saturated carbocycles. The average molecular weight is 283 g/mol. The summed E-state index contributed by atoms with van der Waals surface area (Å²) in [4.78, 5) is 9.06. The van der Waals surface area contributed by atoms with E-state index in [-0.39, 0.29) is 0 Å². The molecule has 0 amide bonds. The van der Waals surface area contributed by atoms with Crippen molar-refractivity contribution in [3.63, 3.8) is 0 Å². The molecule has 4 N–H and O–H groups in total. The number of nitrogens with zero attached hydrogens (tertiary/aromatic N) is 2. The standard InChI is InChI=1S/C16H21N5/c17-21-16(19-12-6-2-1-3-7-12)20-15-10-4-9-14-13(15)8-5-11-18-14/h4-5,8-12H,1-3,6-7,17H2,(H2,19,20,21). The highest BCUT2D eigenvalue weighted by Crippen LogP contribution is 2.23. The second-order valence-corrected chi connectivity index (χ2v) is 5.41. The summed E-state index contributed by atoms with van der Waals surface area (Å²) in [7, 11) is 0. The van der Waals surface area contributed by atoms with Crippen molar-refractivity contribution in [2.75, 3.05) is 5.32 Å². The van der Waals surface area contributed by atoms with Crippen LogP contribution in [-0.2, 0) is 0 Å². The number of fused-ring (bicyclic) bond motifs is 1. The van der Waals surface area contributed by atoms with E-state index in [1.54, 1.807) is 6.20 Å². The molecular formula is C16H21N5. The fraction of sp³-hybridized carbons (Fsp3) is 0.375. The maximum absolute atomic E-state index is 5.62. The van der Waals surface area contributed by atoms with Crippen LogP contribution in [0.1, 0.15) is 32.1 Å². The lowest BCUT2D eigenvalue weighted by Crippen LogP contribution is -2.37. The van der Waals surface area contributed by atoms with Gasteiger partial charge in [0.25, 0.3) is 0 Å². The summed E-state index contributed by atoms with van der Waals surface area (Å²) in [6.07, 6.45) is 7.91. The molecular weight excluding hydrogens is 262 g/mol. The minimum absolute atomic E-state index is 0.366. The second-order valence-electron chi connectivity index (χ2n) is 5.41. The minimum atomic E-state index is 0.366. The summed E-state index contributed by atoms with van der Waals surface area (Å²) in [6, 6.07) is 10.3. The van der Waals surface area contributed by atoms with Gasteiger partial charge in [-0.1, -0.05) is 25.3 Å². The topological polar surface area (TPSA) is 75.3 Å². The van der Waals surface area contributed by atoms with Crippen molar-refractivity contribution in [3.8, 4) is 0 Å². The highest BCUT2D eigenvalue weighted by Gasteiger charge is 2.13. The molecule has 0 bridgehead atoms.